The Hall–Kier alpha value is -1.46. The number of nitro groups is 1. The maximum atomic E-state index is 10.8. The van der Waals surface area contributed by atoms with Gasteiger partial charge in [-0.2, -0.15) is 0 Å². The van der Waals surface area contributed by atoms with Crippen LogP contribution in [0.15, 0.2) is 24.3 Å². The summed E-state index contributed by atoms with van der Waals surface area (Å²) in [4.78, 5) is 12.8. The molecule has 1 aromatic carbocycles. The number of hydrogen-bond donors (Lipinski definition) is 1. The van der Waals surface area contributed by atoms with E-state index >= 15 is 0 Å². The molecule has 0 aromatic heterocycles. The predicted octanol–water partition coefficient (Wildman–Crippen LogP) is 1.95. The Balaban J connectivity index is 2.20. The molecule has 1 unspecified atom stereocenters. The molecule has 0 aliphatic carbocycles. The van der Waals surface area contributed by atoms with Crippen molar-refractivity contribution in [2.45, 2.75) is 25.4 Å². The lowest BCUT2D eigenvalue weighted by atomic mass is 9.99. The summed E-state index contributed by atoms with van der Waals surface area (Å²) in [6.07, 6.45) is 0.953. The first kappa shape index (κ1) is 13.0. The van der Waals surface area contributed by atoms with Gasteiger partial charge in [-0.3, -0.25) is 15.0 Å². The molecule has 0 amide bonds. The quantitative estimate of drug-likeness (QED) is 0.640. The first-order valence-electron chi connectivity index (χ1n) is 6.30. The zero-order valence-corrected chi connectivity index (χ0v) is 10.8. The molecule has 0 spiro atoms. The Morgan fingerprint density at radius 1 is 1.56 bits per heavy atom. The number of nitrogens with one attached hydrogen (secondary N) is 1. The Bertz CT molecular complexity index is 432. The highest BCUT2D eigenvalue weighted by Gasteiger charge is 2.27. The maximum Gasteiger partial charge on any atom is 0.269 e. The standard InChI is InChI=1S/C13H19N3O2/c1-3-13(15(2)12-8-14-9-12)10-5-4-6-11(7-10)16(17)18/h4-7,12-14H,3,8-9H2,1-2H3. The molecule has 98 valence electrons. The normalized spacial score (nSPS) is 17.5. The monoisotopic (exact) mass is 249 g/mol. The number of benzene rings is 1. The van der Waals surface area contributed by atoms with Crippen molar-refractivity contribution in [1.82, 2.24) is 10.2 Å². The second-order valence-electron chi connectivity index (χ2n) is 4.75. The van der Waals surface area contributed by atoms with Gasteiger partial charge >= 0.3 is 0 Å². The van der Waals surface area contributed by atoms with Gasteiger partial charge in [0, 0.05) is 37.3 Å². The van der Waals surface area contributed by atoms with E-state index < -0.39 is 0 Å². The van der Waals surface area contributed by atoms with Gasteiger partial charge in [-0.1, -0.05) is 19.1 Å². The summed E-state index contributed by atoms with van der Waals surface area (Å²) in [6.45, 7) is 4.12. The number of hydrogen-bond acceptors (Lipinski definition) is 4. The van der Waals surface area contributed by atoms with Gasteiger partial charge < -0.3 is 5.32 Å². The van der Waals surface area contributed by atoms with Crippen molar-refractivity contribution in [1.29, 1.82) is 0 Å². The minimum absolute atomic E-state index is 0.172. The van der Waals surface area contributed by atoms with Crippen LogP contribution in [-0.4, -0.2) is 36.0 Å². The second kappa shape index (κ2) is 5.46. The summed E-state index contributed by atoms with van der Waals surface area (Å²) in [5.74, 6) is 0. The molecule has 1 N–H and O–H groups in total. The van der Waals surface area contributed by atoms with Gasteiger partial charge in [-0.15, -0.1) is 0 Å². The van der Waals surface area contributed by atoms with Gasteiger partial charge in [0.15, 0.2) is 0 Å². The van der Waals surface area contributed by atoms with Gasteiger partial charge in [0.1, 0.15) is 0 Å². The fourth-order valence-corrected chi connectivity index (χ4v) is 2.42. The molecule has 2 rings (SSSR count). The molecule has 1 heterocycles. The topological polar surface area (TPSA) is 58.4 Å². The third kappa shape index (κ3) is 2.52. The lowest BCUT2D eigenvalue weighted by molar-refractivity contribution is -0.385. The number of nitrogens with zero attached hydrogens (tertiary/aromatic N) is 2. The molecule has 0 saturated carbocycles. The summed E-state index contributed by atoms with van der Waals surface area (Å²) in [5, 5.41) is 14.1. The molecule has 1 aliphatic rings. The van der Waals surface area contributed by atoms with E-state index in [-0.39, 0.29) is 16.7 Å². The number of likely N-dealkylation sites (N-methyl/N-ethyl adjacent to an activating group) is 1. The van der Waals surface area contributed by atoms with E-state index in [4.69, 9.17) is 0 Å². The molecule has 1 atom stereocenters. The average Bonchev–Trinajstić information content (AvgIpc) is 2.28. The smallest absolute Gasteiger partial charge is 0.269 e. The minimum atomic E-state index is -0.332. The molecule has 1 saturated heterocycles. The summed E-state index contributed by atoms with van der Waals surface area (Å²) in [5.41, 5.74) is 1.20. The molecule has 18 heavy (non-hydrogen) atoms. The van der Waals surface area contributed by atoms with Crippen molar-refractivity contribution >= 4 is 5.69 Å². The molecule has 0 radical (unpaired) electrons. The Morgan fingerprint density at radius 2 is 2.28 bits per heavy atom. The largest absolute Gasteiger partial charge is 0.314 e. The number of non-ortho nitro benzene ring substituents is 1. The van der Waals surface area contributed by atoms with E-state index in [0.29, 0.717) is 6.04 Å². The molecular formula is C13H19N3O2. The van der Waals surface area contributed by atoms with Crippen LogP contribution in [0.2, 0.25) is 0 Å². The van der Waals surface area contributed by atoms with Crippen LogP contribution in [0.4, 0.5) is 5.69 Å². The highest BCUT2D eigenvalue weighted by molar-refractivity contribution is 5.35. The minimum Gasteiger partial charge on any atom is -0.314 e. The van der Waals surface area contributed by atoms with Crippen LogP contribution in [0.5, 0.6) is 0 Å². The first-order chi connectivity index (χ1) is 8.63. The molecule has 5 nitrogen and oxygen atoms in total. The van der Waals surface area contributed by atoms with Crippen molar-refractivity contribution in [2.24, 2.45) is 0 Å². The molecule has 5 heteroatoms. The zero-order valence-electron chi connectivity index (χ0n) is 10.8. The van der Waals surface area contributed by atoms with E-state index in [2.05, 4.69) is 24.2 Å². The summed E-state index contributed by atoms with van der Waals surface area (Å²) < 4.78 is 0. The van der Waals surface area contributed by atoms with Crippen molar-refractivity contribution in [3.05, 3.63) is 39.9 Å². The SMILES string of the molecule is CCC(c1cccc([N+](=O)[O-])c1)N(C)C1CNC1. The molecule has 1 fully saturated rings. The van der Waals surface area contributed by atoms with Gasteiger partial charge in [-0.25, -0.2) is 0 Å². The van der Waals surface area contributed by atoms with Crippen LogP contribution in [0.1, 0.15) is 24.9 Å². The van der Waals surface area contributed by atoms with Crippen molar-refractivity contribution in [3.8, 4) is 0 Å². The molecular weight excluding hydrogens is 230 g/mol. The van der Waals surface area contributed by atoms with Crippen LogP contribution in [0.3, 0.4) is 0 Å². The highest BCUT2D eigenvalue weighted by atomic mass is 16.6. The van der Waals surface area contributed by atoms with Crippen molar-refractivity contribution < 1.29 is 4.92 Å². The van der Waals surface area contributed by atoms with E-state index in [9.17, 15) is 10.1 Å². The van der Waals surface area contributed by atoms with E-state index in [0.717, 1.165) is 25.1 Å². The molecule has 0 bridgehead atoms. The predicted molar refractivity (Wildman–Crippen MR) is 70.5 cm³/mol. The Morgan fingerprint density at radius 3 is 2.78 bits per heavy atom. The third-order valence-corrected chi connectivity index (χ3v) is 3.68. The Labute approximate surface area is 107 Å². The lowest BCUT2D eigenvalue weighted by Crippen LogP contribution is -2.56. The summed E-state index contributed by atoms with van der Waals surface area (Å²) in [6, 6.07) is 7.76. The van der Waals surface area contributed by atoms with Crippen molar-refractivity contribution in [2.75, 3.05) is 20.1 Å². The van der Waals surface area contributed by atoms with Gasteiger partial charge in [-0.05, 0) is 19.0 Å². The van der Waals surface area contributed by atoms with Gasteiger partial charge in [0.2, 0.25) is 0 Å². The van der Waals surface area contributed by atoms with Crippen LogP contribution >= 0.6 is 0 Å². The van der Waals surface area contributed by atoms with Crippen molar-refractivity contribution in [3.63, 3.8) is 0 Å². The van der Waals surface area contributed by atoms with Crippen LogP contribution in [0.25, 0.3) is 0 Å². The fraction of sp³-hybridized carbons (Fsp3) is 0.538. The second-order valence-corrected chi connectivity index (χ2v) is 4.75. The number of rotatable bonds is 5. The lowest BCUT2D eigenvalue weighted by Gasteiger charge is -2.40. The average molecular weight is 249 g/mol. The molecule has 1 aromatic rings. The molecule has 1 aliphatic heterocycles. The van der Waals surface area contributed by atoms with Crippen LogP contribution in [0, 0.1) is 10.1 Å². The fourth-order valence-electron chi connectivity index (χ4n) is 2.42. The van der Waals surface area contributed by atoms with Gasteiger partial charge in [0.25, 0.3) is 5.69 Å². The third-order valence-electron chi connectivity index (χ3n) is 3.68. The van der Waals surface area contributed by atoms with E-state index in [1.807, 2.05) is 6.07 Å². The van der Waals surface area contributed by atoms with Crippen LogP contribution < -0.4 is 5.32 Å². The summed E-state index contributed by atoms with van der Waals surface area (Å²) >= 11 is 0. The van der Waals surface area contributed by atoms with Crippen LogP contribution in [-0.2, 0) is 0 Å². The van der Waals surface area contributed by atoms with Gasteiger partial charge in [0.05, 0.1) is 4.92 Å². The number of nitro benzene ring substituents is 1. The highest BCUT2D eigenvalue weighted by Crippen LogP contribution is 2.28. The Kier molecular flexibility index (Phi) is 3.93. The first-order valence-corrected chi connectivity index (χ1v) is 6.30. The maximum absolute atomic E-state index is 10.8. The van der Waals surface area contributed by atoms with E-state index in [1.165, 1.54) is 0 Å². The zero-order chi connectivity index (χ0) is 13.1. The van der Waals surface area contributed by atoms with E-state index in [1.54, 1.807) is 18.2 Å². The summed E-state index contributed by atoms with van der Waals surface area (Å²) in [7, 11) is 2.10.